The summed E-state index contributed by atoms with van der Waals surface area (Å²) in [7, 11) is 0. The minimum atomic E-state index is 0.700. The second-order valence-electron chi connectivity index (χ2n) is 30.8. The summed E-state index contributed by atoms with van der Waals surface area (Å²) in [5, 5.41) is 21.3. The Morgan fingerprint density at radius 3 is 0.958 bits per heavy atom. The first-order valence-corrected chi connectivity index (χ1v) is 40.3. The van der Waals surface area contributed by atoms with Gasteiger partial charge in [0.05, 0.1) is 55.9 Å². The van der Waals surface area contributed by atoms with E-state index >= 15 is 0 Å². The van der Waals surface area contributed by atoms with Gasteiger partial charge in [-0.3, -0.25) is 0 Å². The smallest absolute Gasteiger partial charge is 0.161 e. The summed E-state index contributed by atoms with van der Waals surface area (Å²) >= 11 is 0. The van der Waals surface area contributed by atoms with Gasteiger partial charge in [-0.2, -0.15) is 0 Å². The van der Waals surface area contributed by atoms with Crippen LogP contribution in [0.4, 0.5) is 0 Å². The highest BCUT2D eigenvalue weighted by Gasteiger charge is 2.23. The van der Waals surface area contributed by atoms with Gasteiger partial charge in [0.25, 0.3) is 0 Å². The summed E-state index contributed by atoms with van der Waals surface area (Å²) in [6, 6.07) is 153. The fourth-order valence-electron chi connectivity index (χ4n) is 18.1. The quantitative estimate of drug-likeness (QED) is 0.137. The predicted octanol–water partition coefficient (Wildman–Crippen LogP) is 29.7. The second-order valence-corrected chi connectivity index (χ2v) is 30.8. The molecule has 0 saturated carbocycles. The van der Waals surface area contributed by atoms with Gasteiger partial charge >= 0.3 is 0 Å². The van der Waals surface area contributed by atoms with E-state index in [1.54, 1.807) is 0 Å². The van der Waals surface area contributed by atoms with Crippen molar-refractivity contribution in [1.82, 2.24) is 29.1 Å². The zero-order valence-electron chi connectivity index (χ0n) is 64.1. The van der Waals surface area contributed by atoms with Crippen LogP contribution >= 0.6 is 0 Å². The second kappa shape index (κ2) is 28.1. The lowest BCUT2D eigenvalue weighted by atomic mass is 9.96. The molecule has 118 heavy (non-hydrogen) atoms. The van der Waals surface area contributed by atoms with Crippen LogP contribution in [0.5, 0.6) is 0 Å². The van der Waals surface area contributed by atoms with Crippen molar-refractivity contribution in [3.8, 4) is 101 Å². The Morgan fingerprint density at radius 2 is 0.483 bits per heavy atom. The number of rotatable bonds is 10. The van der Waals surface area contributed by atoms with Crippen molar-refractivity contribution in [3.05, 3.63) is 425 Å². The van der Waals surface area contributed by atoms with Crippen molar-refractivity contribution in [3.63, 3.8) is 0 Å². The van der Waals surface area contributed by atoms with E-state index in [0.717, 1.165) is 105 Å². The molecule has 0 spiro atoms. The fraction of sp³-hybridized carbons (Fsp3) is 0. The third kappa shape index (κ3) is 11.7. The van der Waals surface area contributed by atoms with E-state index in [2.05, 4.69) is 434 Å². The number of benzene rings is 20. The van der Waals surface area contributed by atoms with E-state index in [0.29, 0.717) is 11.6 Å². The van der Waals surface area contributed by atoms with Gasteiger partial charge in [0, 0.05) is 65.3 Å². The van der Waals surface area contributed by atoms with Crippen LogP contribution in [0.2, 0.25) is 0 Å². The van der Waals surface area contributed by atoms with Crippen molar-refractivity contribution < 1.29 is 0 Å². The molecule has 0 amide bonds. The lowest BCUT2D eigenvalue weighted by molar-refractivity contribution is 1.19. The van der Waals surface area contributed by atoms with Gasteiger partial charge in [-0.25, -0.2) is 19.9 Å². The average molecular weight is 1500 g/mol. The minimum absolute atomic E-state index is 0.700. The van der Waals surface area contributed by atoms with E-state index in [4.69, 9.17) is 19.9 Å². The molecule has 6 heteroatoms. The SMILES string of the molecule is c1ccc(-c2ccc(-c3nc(-c4ccc(-n5c6ccccc6c6cc7ccccc7cc65)c5ccccc45)nc4cc(-c5ccc6ccccc6c5)ccc34)cc2)cc1.c1ccc(-c2ccc(-c3nc(-c4ccc(-n5c6ccccc6c6cc7ccccc7cc65)c5ccccc45)nc4ccc(-c5ccc6ccccc6c5)cc34)cc2)cc1. The van der Waals surface area contributed by atoms with E-state index in [1.165, 1.54) is 115 Å². The van der Waals surface area contributed by atoms with Crippen molar-refractivity contribution in [1.29, 1.82) is 0 Å². The first-order chi connectivity index (χ1) is 58.5. The van der Waals surface area contributed by atoms with Crippen molar-refractivity contribution in [2.75, 3.05) is 0 Å². The molecule has 0 unspecified atom stereocenters. The summed E-state index contributed by atoms with van der Waals surface area (Å²) in [5.41, 5.74) is 24.0. The van der Waals surface area contributed by atoms with Crippen LogP contribution in [0, 0.1) is 0 Å². The molecule has 0 bridgehead atoms. The molecule has 0 aliphatic carbocycles. The van der Waals surface area contributed by atoms with E-state index in [9.17, 15) is 0 Å². The van der Waals surface area contributed by atoms with Gasteiger partial charge < -0.3 is 9.13 Å². The zero-order valence-corrected chi connectivity index (χ0v) is 64.1. The highest BCUT2D eigenvalue weighted by Crippen LogP contribution is 2.45. The molecule has 6 nitrogen and oxygen atoms in total. The van der Waals surface area contributed by atoms with Gasteiger partial charge in [-0.1, -0.05) is 328 Å². The Kier molecular flexibility index (Phi) is 16.2. The van der Waals surface area contributed by atoms with Crippen LogP contribution in [0.1, 0.15) is 0 Å². The molecule has 0 aliphatic rings. The first-order valence-electron chi connectivity index (χ1n) is 40.3. The molecule has 4 aromatic heterocycles. The molecule has 20 aromatic carbocycles. The summed E-state index contributed by atoms with van der Waals surface area (Å²) in [6.07, 6.45) is 0. The van der Waals surface area contributed by atoms with Crippen LogP contribution in [-0.2, 0) is 0 Å². The summed E-state index contributed by atoms with van der Waals surface area (Å²) in [5.74, 6) is 1.40. The summed E-state index contributed by atoms with van der Waals surface area (Å²) < 4.78 is 4.86. The molecule has 24 aromatic rings. The highest BCUT2D eigenvalue weighted by atomic mass is 15.0. The standard InChI is InChI=1S/2C56H35N3/c1-2-12-36(13-3-1)38-22-25-39(26-23-38)55-50-34-44(43-27-24-37-14-4-5-15-40(37)32-43)28-30-51(50)57-56(58-55)48-29-31-53(46-19-9-8-18-45(46)48)59-52-21-11-10-20-47(52)49-33-41-16-6-7-17-42(41)35-54(49)59;1-2-12-36(13-3-1)38-22-25-39(26-23-38)55-49-29-28-44(43-27-24-37-14-4-5-15-40(37)32-43)34-51(49)57-56(58-55)48-30-31-53(46-19-9-8-18-45(46)48)59-52-21-11-10-20-47(52)50-33-41-16-6-7-17-42(41)35-54(50)59/h2*1-35H. The Morgan fingerprint density at radius 1 is 0.153 bits per heavy atom. The molecular weight excluding hydrogens is 1430 g/mol. The first kappa shape index (κ1) is 67.9. The normalized spacial score (nSPS) is 11.7. The van der Waals surface area contributed by atoms with Gasteiger partial charge in [-0.15, -0.1) is 0 Å². The van der Waals surface area contributed by atoms with Gasteiger partial charge in [-0.05, 0) is 195 Å². The van der Waals surface area contributed by atoms with E-state index in [1.807, 2.05) is 0 Å². The van der Waals surface area contributed by atoms with Crippen LogP contribution in [0.15, 0.2) is 425 Å². The number of fused-ring (bicyclic) bond motifs is 14. The number of aromatic nitrogens is 6. The molecule has 0 aliphatic heterocycles. The van der Waals surface area contributed by atoms with Crippen molar-refractivity contribution in [2.45, 2.75) is 0 Å². The van der Waals surface area contributed by atoms with Gasteiger partial charge in [0.1, 0.15) is 0 Å². The lowest BCUT2D eigenvalue weighted by Crippen LogP contribution is -1.99. The van der Waals surface area contributed by atoms with Crippen LogP contribution in [0.25, 0.3) is 231 Å². The molecule has 4 heterocycles. The maximum absolute atomic E-state index is 5.49. The maximum atomic E-state index is 5.49. The molecule has 0 radical (unpaired) electrons. The van der Waals surface area contributed by atoms with E-state index < -0.39 is 0 Å². The molecule has 0 fully saturated rings. The number of nitrogens with zero attached hydrogens (tertiary/aromatic N) is 6. The van der Waals surface area contributed by atoms with Crippen molar-refractivity contribution >= 4 is 130 Å². The van der Waals surface area contributed by atoms with Crippen LogP contribution < -0.4 is 0 Å². The van der Waals surface area contributed by atoms with Crippen molar-refractivity contribution in [2.24, 2.45) is 0 Å². The van der Waals surface area contributed by atoms with Crippen LogP contribution in [-0.4, -0.2) is 29.1 Å². The third-order valence-electron chi connectivity index (χ3n) is 23.9. The monoisotopic (exact) mass is 1500 g/mol. The minimum Gasteiger partial charge on any atom is -0.309 e. The largest absolute Gasteiger partial charge is 0.309 e. The average Bonchev–Trinajstić information content (AvgIpc) is 1.51. The predicted molar refractivity (Wildman–Crippen MR) is 496 cm³/mol. The molecule has 24 rings (SSSR count). The Bertz CT molecular complexity index is 8170. The third-order valence-corrected chi connectivity index (χ3v) is 23.9. The number of para-hydroxylation sites is 2. The molecule has 548 valence electrons. The zero-order chi connectivity index (χ0) is 77.7. The topological polar surface area (TPSA) is 61.4 Å². The Balaban J connectivity index is 0.000000138. The summed E-state index contributed by atoms with van der Waals surface area (Å²) in [6.45, 7) is 0. The number of hydrogen-bond donors (Lipinski definition) is 0. The maximum Gasteiger partial charge on any atom is 0.161 e. The highest BCUT2D eigenvalue weighted by molar-refractivity contribution is 6.17. The molecule has 0 saturated heterocycles. The Hall–Kier alpha value is -15.8. The summed E-state index contributed by atoms with van der Waals surface area (Å²) in [4.78, 5) is 21.7. The molecule has 0 N–H and O–H groups in total. The number of hydrogen-bond acceptors (Lipinski definition) is 4. The fourth-order valence-corrected chi connectivity index (χ4v) is 18.1. The molecular formula is C112H70N6. The molecule has 0 atom stereocenters. The van der Waals surface area contributed by atoms with E-state index in [-0.39, 0.29) is 0 Å². The van der Waals surface area contributed by atoms with Gasteiger partial charge in [0.15, 0.2) is 11.6 Å². The van der Waals surface area contributed by atoms with Crippen LogP contribution in [0.3, 0.4) is 0 Å². The van der Waals surface area contributed by atoms with Gasteiger partial charge in [0.2, 0.25) is 0 Å². The lowest BCUT2D eigenvalue weighted by Gasteiger charge is -2.16. The Labute approximate surface area is 680 Å².